The molecule has 1 aromatic carbocycles. The van der Waals surface area contributed by atoms with E-state index in [1.54, 1.807) is 36.6 Å². The Morgan fingerprint density at radius 3 is 2.79 bits per heavy atom. The number of benzene rings is 1. The van der Waals surface area contributed by atoms with Crippen molar-refractivity contribution in [3.8, 4) is 0 Å². The lowest BCUT2D eigenvalue weighted by Gasteiger charge is -2.09. The minimum atomic E-state index is -0.271. The minimum Gasteiger partial charge on any atom is -0.383 e. The number of rotatable bonds is 8. The number of hydrogen-bond acceptors (Lipinski definition) is 4. The summed E-state index contributed by atoms with van der Waals surface area (Å²) in [5.74, 6) is -0.357. The van der Waals surface area contributed by atoms with E-state index in [0.717, 1.165) is 0 Å². The average Bonchev–Trinajstić information content (AvgIpc) is 3.06. The zero-order valence-corrected chi connectivity index (χ0v) is 14.9. The first-order chi connectivity index (χ1) is 11.6. The number of methoxy groups -OCH3 is 1. The van der Waals surface area contributed by atoms with Gasteiger partial charge < -0.3 is 15.4 Å². The van der Waals surface area contributed by atoms with Crippen LogP contribution in [0.5, 0.6) is 0 Å². The van der Waals surface area contributed by atoms with Gasteiger partial charge in [0.25, 0.3) is 5.91 Å². The third-order valence-electron chi connectivity index (χ3n) is 3.27. The van der Waals surface area contributed by atoms with E-state index in [0.29, 0.717) is 42.3 Å². The molecule has 0 bridgehead atoms. The molecule has 0 aliphatic heterocycles. The van der Waals surface area contributed by atoms with Crippen LogP contribution in [0.2, 0.25) is 5.02 Å². The highest BCUT2D eigenvalue weighted by atomic mass is 35.5. The van der Waals surface area contributed by atoms with Crippen molar-refractivity contribution in [2.45, 2.75) is 12.8 Å². The molecule has 0 aliphatic carbocycles. The number of ether oxygens (including phenoxy) is 1. The molecule has 2 N–H and O–H groups in total. The summed E-state index contributed by atoms with van der Waals surface area (Å²) >= 11 is 7.77. The number of thiophene rings is 1. The fourth-order valence-electron chi connectivity index (χ4n) is 2.05. The highest BCUT2D eigenvalue weighted by Gasteiger charge is 2.11. The van der Waals surface area contributed by atoms with Crippen LogP contribution in [0, 0.1) is 0 Å². The molecule has 2 amide bonds. The van der Waals surface area contributed by atoms with E-state index in [-0.39, 0.29) is 11.8 Å². The van der Waals surface area contributed by atoms with E-state index in [1.807, 2.05) is 17.5 Å². The molecule has 0 aliphatic rings. The molecular weight excluding hydrogens is 348 g/mol. The third-order valence-corrected chi connectivity index (χ3v) is 4.52. The molecule has 0 unspecified atom stereocenters. The van der Waals surface area contributed by atoms with E-state index in [9.17, 15) is 9.59 Å². The zero-order valence-electron chi connectivity index (χ0n) is 13.3. The molecule has 7 heteroatoms. The lowest BCUT2D eigenvalue weighted by atomic mass is 10.2. The van der Waals surface area contributed by atoms with Crippen LogP contribution in [-0.4, -0.2) is 32.1 Å². The normalized spacial score (nSPS) is 10.4. The van der Waals surface area contributed by atoms with Gasteiger partial charge in [-0.1, -0.05) is 17.7 Å². The van der Waals surface area contributed by atoms with Gasteiger partial charge in [-0.25, -0.2) is 0 Å². The van der Waals surface area contributed by atoms with Crippen LogP contribution >= 0.6 is 22.9 Å². The van der Waals surface area contributed by atoms with E-state index < -0.39 is 0 Å². The number of aryl methyl sites for hydroxylation is 1. The third kappa shape index (κ3) is 5.63. The van der Waals surface area contributed by atoms with Gasteiger partial charge in [-0.3, -0.25) is 9.59 Å². The summed E-state index contributed by atoms with van der Waals surface area (Å²) in [6.07, 6.45) is 1.11. The van der Waals surface area contributed by atoms with Crippen molar-refractivity contribution >= 4 is 40.4 Å². The average molecular weight is 367 g/mol. The van der Waals surface area contributed by atoms with Crippen molar-refractivity contribution < 1.29 is 14.3 Å². The first-order valence-electron chi connectivity index (χ1n) is 7.49. The summed E-state index contributed by atoms with van der Waals surface area (Å²) in [5, 5.41) is 7.78. The van der Waals surface area contributed by atoms with E-state index in [4.69, 9.17) is 16.3 Å². The van der Waals surface area contributed by atoms with Gasteiger partial charge in [-0.15, -0.1) is 11.3 Å². The van der Waals surface area contributed by atoms with Crippen molar-refractivity contribution in [1.29, 1.82) is 0 Å². The summed E-state index contributed by atoms with van der Waals surface area (Å²) in [6, 6.07) is 8.81. The zero-order chi connectivity index (χ0) is 17.4. The molecule has 24 heavy (non-hydrogen) atoms. The maximum absolute atomic E-state index is 12.0. The van der Waals surface area contributed by atoms with Gasteiger partial charge in [-0.2, -0.15) is 0 Å². The summed E-state index contributed by atoms with van der Waals surface area (Å²) in [6.45, 7) is 0.842. The second-order valence-electron chi connectivity index (χ2n) is 5.07. The molecule has 0 atom stereocenters. The van der Waals surface area contributed by atoms with Crippen molar-refractivity contribution in [1.82, 2.24) is 5.32 Å². The Bertz CT molecular complexity index is 689. The van der Waals surface area contributed by atoms with E-state index >= 15 is 0 Å². The van der Waals surface area contributed by atoms with Crippen molar-refractivity contribution in [2.75, 3.05) is 25.6 Å². The van der Waals surface area contributed by atoms with Crippen LogP contribution in [0.4, 0.5) is 5.69 Å². The lowest BCUT2D eigenvalue weighted by Crippen LogP contribution is -2.27. The van der Waals surface area contributed by atoms with Crippen molar-refractivity contribution in [2.24, 2.45) is 0 Å². The van der Waals surface area contributed by atoms with Crippen LogP contribution in [0.3, 0.4) is 0 Å². The van der Waals surface area contributed by atoms with Gasteiger partial charge >= 0.3 is 0 Å². The molecule has 0 saturated heterocycles. The van der Waals surface area contributed by atoms with Gasteiger partial charge in [0.2, 0.25) is 5.91 Å². The molecule has 1 aromatic heterocycles. The number of carbonyl (C=O) groups is 2. The number of hydrogen-bond donors (Lipinski definition) is 2. The quantitative estimate of drug-likeness (QED) is 0.704. The lowest BCUT2D eigenvalue weighted by molar-refractivity contribution is -0.116. The highest BCUT2D eigenvalue weighted by Crippen LogP contribution is 2.21. The molecule has 5 nitrogen and oxygen atoms in total. The molecule has 0 fully saturated rings. The van der Waals surface area contributed by atoms with Gasteiger partial charge in [0, 0.05) is 30.6 Å². The monoisotopic (exact) mass is 366 g/mol. The smallest absolute Gasteiger partial charge is 0.252 e. The SMILES string of the molecule is COCCNC(=O)c1ccc(NC(=O)CCc2cccs2)cc1Cl. The second kappa shape index (κ2) is 9.42. The van der Waals surface area contributed by atoms with Crippen molar-refractivity contribution in [3.63, 3.8) is 0 Å². The number of amides is 2. The minimum absolute atomic E-state index is 0.0863. The Kier molecular flexibility index (Phi) is 7.24. The van der Waals surface area contributed by atoms with Gasteiger partial charge in [0.15, 0.2) is 0 Å². The highest BCUT2D eigenvalue weighted by molar-refractivity contribution is 7.09. The topological polar surface area (TPSA) is 67.4 Å². The number of carbonyl (C=O) groups excluding carboxylic acids is 2. The molecule has 0 radical (unpaired) electrons. The Hall–Kier alpha value is -1.89. The number of halogens is 1. The fraction of sp³-hybridized carbons (Fsp3) is 0.294. The molecule has 2 rings (SSSR count). The van der Waals surface area contributed by atoms with Gasteiger partial charge in [-0.05, 0) is 36.1 Å². The summed E-state index contributed by atoms with van der Waals surface area (Å²) in [5.41, 5.74) is 0.939. The molecule has 0 saturated carbocycles. The maximum atomic E-state index is 12.0. The van der Waals surface area contributed by atoms with Crippen molar-refractivity contribution in [3.05, 3.63) is 51.2 Å². The standard InChI is InChI=1S/C17H19ClN2O3S/c1-23-9-8-19-17(22)14-6-4-12(11-15(14)18)20-16(21)7-5-13-3-2-10-24-13/h2-4,6,10-11H,5,7-9H2,1H3,(H,19,22)(H,20,21). The first-order valence-corrected chi connectivity index (χ1v) is 8.75. The van der Waals surface area contributed by atoms with Crippen LogP contribution in [0.25, 0.3) is 0 Å². The van der Waals surface area contributed by atoms with Crippen LogP contribution in [-0.2, 0) is 16.0 Å². The van der Waals surface area contributed by atoms with Gasteiger partial charge in [0.1, 0.15) is 0 Å². The second-order valence-corrected chi connectivity index (χ2v) is 6.51. The fourth-order valence-corrected chi connectivity index (χ4v) is 3.03. The number of anilines is 1. The summed E-state index contributed by atoms with van der Waals surface area (Å²) in [4.78, 5) is 25.1. The van der Waals surface area contributed by atoms with Gasteiger partial charge in [0.05, 0.1) is 17.2 Å². The summed E-state index contributed by atoms with van der Waals surface area (Å²) < 4.78 is 4.88. The van der Waals surface area contributed by atoms with E-state index in [2.05, 4.69) is 10.6 Å². The van der Waals surface area contributed by atoms with Crippen LogP contribution in [0.1, 0.15) is 21.7 Å². The predicted octanol–water partition coefficient (Wildman–Crippen LogP) is 3.35. The largest absolute Gasteiger partial charge is 0.383 e. The Labute approximate surface area is 150 Å². The van der Waals surface area contributed by atoms with Crippen LogP contribution < -0.4 is 10.6 Å². The summed E-state index contributed by atoms with van der Waals surface area (Å²) in [7, 11) is 1.56. The molecule has 128 valence electrons. The van der Waals surface area contributed by atoms with E-state index in [1.165, 1.54) is 4.88 Å². The molecular formula is C17H19ClN2O3S. The molecule has 1 heterocycles. The Morgan fingerprint density at radius 2 is 2.12 bits per heavy atom. The Morgan fingerprint density at radius 1 is 1.29 bits per heavy atom. The molecule has 0 spiro atoms. The predicted molar refractivity (Wildman–Crippen MR) is 96.9 cm³/mol. The molecule has 2 aromatic rings. The first kappa shape index (κ1) is 18.4. The maximum Gasteiger partial charge on any atom is 0.252 e. The number of nitrogens with one attached hydrogen (secondary N) is 2. The Balaban J connectivity index is 1.88. The van der Waals surface area contributed by atoms with Crippen LogP contribution in [0.15, 0.2) is 35.7 Å².